The normalized spacial score (nSPS) is 12.1. The number of carbonyl (C=O) groups is 1. The van der Waals surface area contributed by atoms with Crippen LogP contribution in [0.3, 0.4) is 0 Å². The summed E-state index contributed by atoms with van der Waals surface area (Å²) in [6, 6.07) is 19.9. The lowest BCUT2D eigenvalue weighted by Crippen LogP contribution is -2.10. The Kier molecular flexibility index (Phi) is 5.29. The standard InChI is InChI=1S/C25H23BrN2O/c1-15-13-16(2)23(17(3)14-15)24(20-5-4-12-27-20)21-10-11-22(28-21)25(29)18-6-8-19(26)9-7-18/h4-14,24,27-28H,1-3H3. The maximum Gasteiger partial charge on any atom is 0.209 e. The van der Waals surface area contributed by atoms with Crippen LogP contribution in [-0.2, 0) is 0 Å². The van der Waals surface area contributed by atoms with E-state index in [4.69, 9.17) is 0 Å². The number of carbonyl (C=O) groups excluding carboxylic acids is 1. The van der Waals surface area contributed by atoms with Crippen molar-refractivity contribution in [3.63, 3.8) is 0 Å². The summed E-state index contributed by atoms with van der Waals surface area (Å²) >= 11 is 3.42. The zero-order valence-corrected chi connectivity index (χ0v) is 18.3. The molecule has 0 saturated heterocycles. The van der Waals surface area contributed by atoms with E-state index in [0.29, 0.717) is 11.3 Å². The summed E-state index contributed by atoms with van der Waals surface area (Å²) in [6.45, 7) is 6.43. The first-order valence-electron chi connectivity index (χ1n) is 9.64. The summed E-state index contributed by atoms with van der Waals surface area (Å²) in [5, 5.41) is 0. The number of ketones is 1. The van der Waals surface area contributed by atoms with Gasteiger partial charge in [0.25, 0.3) is 0 Å². The number of aromatic amines is 2. The van der Waals surface area contributed by atoms with Gasteiger partial charge in [0.15, 0.2) is 0 Å². The predicted octanol–water partition coefficient (Wildman–Crippen LogP) is 6.44. The van der Waals surface area contributed by atoms with Crippen molar-refractivity contribution in [2.24, 2.45) is 0 Å². The molecule has 0 bridgehead atoms. The van der Waals surface area contributed by atoms with E-state index in [2.05, 4.69) is 64.9 Å². The fraction of sp³-hybridized carbons (Fsp3) is 0.160. The minimum atomic E-state index is -0.00802. The number of nitrogens with one attached hydrogen (secondary N) is 2. The molecule has 29 heavy (non-hydrogen) atoms. The van der Waals surface area contributed by atoms with Gasteiger partial charge in [0.05, 0.1) is 11.6 Å². The van der Waals surface area contributed by atoms with Crippen LogP contribution in [0.5, 0.6) is 0 Å². The number of aryl methyl sites for hydroxylation is 3. The number of H-pyrrole nitrogens is 2. The topological polar surface area (TPSA) is 48.6 Å². The number of hydrogen-bond acceptors (Lipinski definition) is 1. The van der Waals surface area contributed by atoms with E-state index >= 15 is 0 Å². The molecule has 2 aromatic carbocycles. The molecular weight excluding hydrogens is 424 g/mol. The second kappa shape index (κ2) is 7.88. The Morgan fingerprint density at radius 1 is 0.897 bits per heavy atom. The average molecular weight is 447 g/mol. The Morgan fingerprint density at radius 2 is 1.59 bits per heavy atom. The molecule has 0 aliphatic carbocycles. The zero-order valence-electron chi connectivity index (χ0n) is 16.7. The Hall–Kier alpha value is -2.85. The molecule has 4 aromatic rings. The van der Waals surface area contributed by atoms with Gasteiger partial charge in [-0.3, -0.25) is 4.79 Å². The Balaban J connectivity index is 1.78. The third-order valence-corrected chi connectivity index (χ3v) is 5.86. The minimum Gasteiger partial charge on any atom is -0.364 e. The smallest absolute Gasteiger partial charge is 0.209 e. The summed E-state index contributed by atoms with van der Waals surface area (Å²) in [5.41, 5.74) is 8.39. The van der Waals surface area contributed by atoms with Gasteiger partial charge < -0.3 is 9.97 Å². The summed E-state index contributed by atoms with van der Waals surface area (Å²) < 4.78 is 0.957. The number of hydrogen-bond donors (Lipinski definition) is 2. The van der Waals surface area contributed by atoms with Crippen molar-refractivity contribution < 1.29 is 4.79 Å². The SMILES string of the molecule is Cc1cc(C)c(C(c2ccc[nH]2)c2ccc(C(=O)c3ccc(Br)cc3)[nH]2)c(C)c1. The van der Waals surface area contributed by atoms with Gasteiger partial charge in [-0.15, -0.1) is 0 Å². The molecule has 0 amide bonds. The van der Waals surface area contributed by atoms with E-state index in [9.17, 15) is 4.79 Å². The van der Waals surface area contributed by atoms with Crippen LogP contribution in [0, 0.1) is 20.8 Å². The highest BCUT2D eigenvalue weighted by atomic mass is 79.9. The fourth-order valence-corrected chi connectivity index (χ4v) is 4.38. The summed E-state index contributed by atoms with van der Waals surface area (Å²) in [5.74, 6) is 0.00315. The van der Waals surface area contributed by atoms with Crippen molar-refractivity contribution in [2.45, 2.75) is 26.7 Å². The Morgan fingerprint density at radius 3 is 2.21 bits per heavy atom. The first-order chi connectivity index (χ1) is 13.9. The van der Waals surface area contributed by atoms with Crippen LogP contribution >= 0.6 is 15.9 Å². The van der Waals surface area contributed by atoms with E-state index in [1.807, 2.05) is 48.7 Å². The van der Waals surface area contributed by atoms with Crippen LogP contribution in [0.15, 0.2) is 71.3 Å². The molecule has 2 heterocycles. The lowest BCUT2D eigenvalue weighted by Gasteiger charge is -2.21. The lowest BCUT2D eigenvalue weighted by atomic mass is 9.85. The highest BCUT2D eigenvalue weighted by molar-refractivity contribution is 9.10. The Bertz CT molecular complexity index is 1130. The highest BCUT2D eigenvalue weighted by Gasteiger charge is 2.24. The van der Waals surface area contributed by atoms with E-state index in [0.717, 1.165) is 15.9 Å². The van der Waals surface area contributed by atoms with Crippen molar-refractivity contribution >= 4 is 21.7 Å². The fourth-order valence-electron chi connectivity index (χ4n) is 4.12. The van der Waals surface area contributed by atoms with Gasteiger partial charge in [0, 0.05) is 27.6 Å². The van der Waals surface area contributed by atoms with Gasteiger partial charge in [0.1, 0.15) is 0 Å². The molecule has 2 aromatic heterocycles. The maximum absolute atomic E-state index is 12.9. The van der Waals surface area contributed by atoms with Gasteiger partial charge in [-0.1, -0.05) is 33.6 Å². The molecule has 146 valence electrons. The Labute approximate surface area is 179 Å². The molecule has 0 saturated carbocycles. The zero-order chi connectivity index (χ0) is 20.5. The number of halogens is 1. The molecule has 0 spiro atoms. The summed E-state index contributed by atoms with van der Waals surface area (Å²) in [6.07, 6.45) is 1.94. The van der Waals surface area contributed by atoms with Gasteiger partial charge in [-0.25, -0.2) is 0 Å². The highest BCUT2D eigenvalue weighted by Crippen LogP contribution is 2.35. The van der Waals surface area contributed by atoms with Gasteiger partial charge in [0.2, 0.25) is 5.78 Å². The van der Waals surface area contributed by atoms with Crippen molar-refractivity contribution in [1.29, 1.82) is 0 Å². The molecule has 2 N–H and O–H groups in total. The van der Waals surface area contributed by atoms with Crippen molar-refractivity contribution in [2.75, 3.05) is 0 Å². The van der Waals surface area contributed by atoms with E-state index in [-0.39, 0.29) is 11.7 Å². The monoisotopic (exact) mass is 446 g/mol. The minimum absolute atomic E-state index is 0.00802. The van der Waals surface area contributed by atoms with Crippen LogP contribution in [-0.4, -0.2) is 15.8 Å². The molecule has 0 radical (unpaired) electrons. The molecule has 0 aliphatic heterocycles. The van der Waals surface area contributed by atoms with Crippen molar-refractivity contribution in [3.8, 4) is 0 Å². The largest absolute Gasteiger partial charge is 0.364 e. The third kappa shape index (κ3) is 3.85. The molecule has 1 unspecified atom stereocenters. The second-order valence-corrected chi connectivity index (χ2v) is 8.45. The van der Waals surface area contributed by atoms with Gasteiger partial charge in [-0.05, 0) is 86.0 Å². The first-order valence-corrected chi connectivity index (χ1v) is 10.4. The molecule has 4 rings (SSSR count). The first kappa shape index (κ1) is 19.5. The molecule has 1 atom stereocenters. The summed E-state index contributed by atoms with van der Waals surface area (Å²) in [7, 11) is 0. The molecular formula is C25H23BrN2O. The summed E-state index contributed by atoms with van der Waals surface area (Å²) in [4.78, 5) is 19.7. The van der Waals surface area contributed by atoms with Crippen LogP contribution in [0.4, 0.5) is 0 Å². The van der Waals surface area contributed by atoms with Crippen LogP contribution in [0.2, 0.25) is 0 Å². The third-order valence-electron chi connectivity index (χ3n) is 5.33. The van der Waals surface area contributed by atoms with Crippen molar-refractivity contribution in [3.05, 3.63) is 116 Å². The van der Waals surface area contributed by atoms with Crippen molar-refractivity contribution in [1.82, 2.24) is 9.97 Å². The average Bonchev–Trinajstić information content (AvgIpc) is 3.37. The quantitative estimate of drug-likeness (QED) is 0.340. The number of benzene rings is 2. The van der Waals surface area contributed by atoms with Crippen LogP contribution < -0.4 is 0 Å². The predicted molar refractivity (Wildman–Crippen MR) is 121 cm³/mol. The molecule has 3 nitrogen and oxygen atoms in total. The van der Waals surface area contributed by atoms with E-state index in [1.165, 1.54) is 22.3 Å². The molecule has 0 fully saturated rings. The molecule has 4 heteroatoms. The van der Waals surface area contributed by atoms with E-state index in [1.54, 1.807) is 0 Å². The lowest BCUT2D eigenvalue weighted by molar-refractivity contribution is 0.103. The number of rotatable bonds is 5. The van der Waals surface area contributed by atoms with Gasteiger partial charge >= 0.3 is 0 Å². The number of aromatic nitrogens is 2. The molecule has 0 aliphatic rings. The van der Waals surface area contributed by atoms with Gasteiger partial charge in [-0.2, -0.15) is 0 Å². The van der Waals surface area contributed by atoms with E-state index < -0.39 is 0 Å². The maximum atomic E-state index is 12.9. The van der Waals surface area contributed by atoms with Crippen LogP contribution in [0.1, 0.15) is 55.6 Å². The van der Waals surface area contributed by atoms with Crippen LogP contribution in [0.25, 0.3) is 0 Å². The second-order valence-electron chi connectivity index (χ2n) is 7.53.